The summed E-state index contributed by atoms with van der Waals surface area (Å²) in [7, 11) is 0. The minimum atomic E-state index is -2.27. The van der Waals surface area contributed by atoms with Crippen LogP contribution in [0, 0.1) is 0 Å². The first kappa shape index (κ1) is 9.63. The average molecular weight is 228 g/mol. The van der Waals surface area contributed by atoms with Crippen LogP contribution < -0.4 is 0 Å². The van der Waals surface area contributed by atoms with E-state index in [0.717, 1.165) is 0 Å². The molecule has 0 aliphatic carbocycles. The first-order valence-electron chi connectivity index (χ1n) is 0.644. The molecule has 0 aromatic carbocycles. The van der Waals surface area contributed by atoms with E-state index in [1.165, 1.54) is 0 Å². The van der Waals surface area contributed by atoms with Crippen LogP contribution in [-0.4, -0.2) is 0 Å². The fourth-order valence-corrected chi connectivity index (χ4v) is 0. The van der Waals surface area contributed by atoms with Gasteiger partial charge in [-0.05, 0) is 0 Å². The summed E-state index contributed by atoms with van der Waals surface area (Å²) in [5.74, 6) is 0. The molecule has 0 heterocycles. The van der Waals surface area contributed by atoms with Gasteiger partial charge in [-0.3, -0.25) is 0 Å². The fraction of sp³-hybridized carbons (Fsp3) is 0. The Balaban J connectivity index is 0. The van der Waals surface area contributed by atoms with Crippen LogP contribution in [0.2, 0.25) is 0 Å². The molecule has 25 valence electrons. The van der Waals surface area contributed by atoms with Crippen molar-refractivity contribution in [1.82, 2.24) is 0 Å². The van der Waals surface area contributed by atoms with Gasteiger partial charge in [0.25, 0.3) is 0 Å². The summed E-state index contributed by atoms with van der Waals surface area (Å²) in [6.07, 6.45) is 0. The second-order valence-electron chi connectivity index (χ2n) is 0.0833. The van der Waals surface area contributed by atoms with Gasteiger partial charge in [0, 0.05) is 0 Å². The molecule has 5 heteroatoms. The van der Waals surface area contributed by atoms with Crippen LogP contribution in [0.4, 0.5) is 0 Å². The Morgan fingerprint density at radius 1 is 1.20 bits per heavy atom. The molecule has 0 saturated heterocycles. The van der Waals surface area contributed by atoms with Crippen molar-refractivity contribution in [3.05, 3.63) is 0 Å². The summed E-state index contributed by atoms with van der Waals surface area (Å²) >= 11 is -2.17. The SMILES string of the molecule is [O]=[Y].[O]=[Zr]=[O]. The molecule has 0 aliphatic rings. The van der Waals surface area contributed by atoms with E-state index in [1.54, 1.807) is 0 Å². The topological polar surface area (TPSA) is 51.2 Å². The van der Waals surface area contributed by atoms with Crippen molar-refractivity contribution in [3.63, 3.8) is 0 Å². The third kappa shape index (κ3) is 32.1. The van der Waals surface area contributed by atoms with Crippen molar-refractivity contribution in [1.29, 1.82) is 0 Å². The third-order valence-electron chi connectivity index (χ3n) is 0. The zero-order chi connectivity index (χ0) is 4.71. The van der Waals surface area contributed by atoms with Crippen LogP contribution in [0.5, 0.6) is 0 Å². The Bertz CT molecular complexity index is 36.2. The predicted octanol–water partition coefficient (Wildman–Crippen LogP) is -0.361. The van der Waals surface area contributed by atoms with Crippen molar-refractivity contribution in [2.24, 2.45) is 0 Å². The molecule has 3 nitrogen and oxygen atoms in total. The van der Waals surface area contributed by atoms with Crippen LogP contribution in [0.1, 0.15) is 0 Å². The molecule has 0 aliphatic heterocycles. The molecule has 0 saturated carbocycles. The molecule has 0 bridgehead atoms. The van der Waals surface area contributed by atoms with Gasteiger partial charge in [0.2, 0.25) is 0 Å². The van der Waals surface area contributed by atoms with Gasteiger partial charge in [-0.1, -0.05) is 0 Å². The Kier molecular flexibility index (Phi) is 35.0. The second-order valence-corrected chi connectivity index (χ2v) is 0.493. The van der Waals surface area contributed by atoms with Crippen molar-refractivity contribution < 1.29 is 61.9 Å². The maximum atomic E-state index is 8.54. The molecule has 0 rings (SSSR count). The van der Waals surface area contributed by atoms with Crippen molar-refractivity contribution in [2.45, 2.75) is 0 Å². The summed E-state index contributed by atoms with van der Waals surface area (Å²) in [6.45, 7) is 0. The van der Waals surface area contributed by atoms with Gasteiger partial charge in [0.05, 0.1) is 0 Å². The number of rotatable bonds is 0. The molecule has 0 amide bonds. The van der Waals surface area contributed by atoms with E-state index in [-0.39, 0.29) is 31.0 Å². The van der Waals surface area contributed by atoms with Gasteiger partial charge in [0.1, 0.15) is 0 Å². The Hall–Kier alpha value is 1.39. The average Bonchev–Trinajstić information content (AvgIpc) is 1.46. The molecule has 0 aromatic heterocycles. The summed E-state index contributed by atoms with van der Waals surface area (Å²) in [4.78, 5) is 0. The molecule has 0 aromatic rings. The monoisotopic (exact) mass is 227 g/mol. The Labute approximate surface area is 61.0 Å². The molecule has 5 heavy (non-hydrogen) atoms. The van der Waals surface area contributed by atoms with Gasteiger partial charge in [-0.2, -0.15) is 0 Å². The zero-order valence-corrected chi connectivity index (χ0v) is 7.60. The Morgan fingerprint density at radius 2 is 1.20 bits per heavy atom. The predicted molar refractivity (Wildman–Crippen MR) is 2.06 cm³/mol. The van der Waals surface area contributed by atoms with E-state index in [9.17, 15) is 0 Å². The zero-order valence-electron chi connectivity index (χ0n) is 2.30. The van der Waals surface area contributed by atoms with Crippen LogP contribution >= 0.6 is 0 Å². The quantitative estimate of drug-likeness (QED) is 0.568. The van der Waals surface area contributed by atoms with Gasteiger partial charge in [0.15, 0.2) is 0 Å². The fourth-order valence-electron chi connectivity index (χ4n) is 0. The first-order chi connectivity index (χ1) is 2.41. The van der Waals surface area contributed by atoms with Crippen molar-refractivity contribution >= 4 is 0 Å². The van der Waals surface area contributed by atoms with Crippen LogP contribution in [0.25, 0.3) is 0 Å². The van der Waals surface area contributed by atoms with E-state index in [1.807, 2.05) is 0 Å². The van der Waals surface area contributed by atoms with Crippen LogP contribution in [0.15, 0.2) is 0 Å². The van der Waals surface area contributed by atoms with Gasteiger partial charge >= 0.3 is 61.9 Å². The molecule has 0 atom stereocenters. The molecule has 0 unspecified atom stereocenters. The van der Waals surface area contributed by atoms with E-state index < -0.39 is 23.2 Å². The van der Waals surface area contributed by atoms with Crippen molar-refractivity contribution in [3.8, 4) is 0 Å². The maximum absolute atomic E-state index is 8.54. The van der Waals surface area contributed by atoms with E-state index in [2.05, 4.69) is 0 Å². The minimum absolute atomic E-state index is 0.100. The third-order valence-corrected chi connectivity index (χ3v) is 0. The summed E-state index contributed by atoms with van der Waals surface area (Å²) < 4.78 is 25.5. The standard InChI is InChI=1S/3O.Y.Zr. The molecular weight excluding hydrogens is 228 g/mol. The first-order valence-corrected chi connectivity index (χ1v) is 3.81. The van der Waals surface area contributed by atoms with Gasteiger partial charge in [-0.25, -0.2) is 0 Å². The molecule has 0 fully saturated rings. The van der Waals surface area contributed by atoms with Crippen LogP contribution in [-0.2, 0) is 61.9 Å². The summed E-state index contributed by atoms with van der Waals surface area (Å²) in [5, 5.41) is 0. The van der Waals surface area contributed by atoms with Crippen molar-refractivity contribution in [2.75, 3.05) is 0 Å². The molecule has 0 N–H and O–H groups in total. The molecule has 0 radical (unpaired) electrons. The number of hydrogen-bond donors (Lipinski definition) is 0. The van der Waals surface area contributed by atoms with E-state index in [0.29, 0.717) is 0 Å². The second kappa shape index (κ2) is 18.2. The van der Waals surface area contributed by atoms with Crippen LogP contribution in [0.3, 0.4) is 0 Å². The normalized spacial score (nSPS) is 2.80. The van der Waals surface area contributed by atoms with Gasteiger partial charge < -0.3 is 0 Å². The van der Waals surface area contributed by atoms with Gasteiger partial charge in [-0.15, -0.1) is 0 Å². The van der Waals surface area contributed by atoms with E-state index in [4.69, 9.17) is 7.67 Å². The summed E-state index contributed by atoms with van der Waals surface area (Å²) in [6, 6.07) is 0. The van der Waals surface area contributed by atoms with E-state index >= 15 is 0 Å². The number of hydrogen-bond acceptors (Lipinski definition) is 3. The Morgan fingerprint density at radius 3 is 1.20 bits per heavy atom. The molecular formula is O3YZr. The molecule has 0 spiro atoms. The summed E-state index contributed by atoms with van der Waals surface area (Å²) in [5.41, 5.74) is 0.